The normalized spacial score (nSPS) is 26.3. The summed E-state index contributed by atoms with van der Waals surface area (Å²) in [6, 6.07) is 0. The van der Waals surface area contributed by atoms with E-state index in [2.05, 4.69) is 0 Å². The van der Waals surface area contributed by atoms with Gasteiger partial charge in [0.2, 0.25) is 0 Å². The average molecular weight is 330 g/mol. The molecule has 0 bridgehead atoms. The van der Waals surface area contributed by atoms with Crippen LogP contribution in [0.25, 0.3) is 0 Å². The Balaban J connectivity index is 2.88. The molecular formula is C15H22O8. The van der Waals surface area contributed by atoms with E-state index in [1.54, 1.807) is 0 Å². The van der Waals surface area contributed by atoms with Gasteiger partial charge in [-0.1, -0.05) is 0 Å². The molecule has 1 aliphatic carbocycles. The van der Waals surface area contributed by atoms with Crippen molar-refractivity contribution in [1.29, 1.82) is 0 Å². The van der Waals surface area contributed by atoms with Crippen LogP contribution in [0, 0.1) is 5.92 Å². The van der Waals surface area contributed by atoms with Crippen molar-refractivity contribution in [2.24, 2.45) is 5.92 Å². The van der Waals surface area contributed by atoms with E-state index in [9.17, 15) is 19.2 Å². The molecule has 0 heterocycles. The smallest absolute Gasteiger partial charge is 0.303 e. The number of hydrogen-bond donors (Lipinski definition) is 0. The Bertz CT molecular complexity index is 472. The largest absolute Gasteiger partial charge is 0.466 e. The third-order valence-corrected chi connectivity index (χ3v) is 3.41. The minimum absolute atomic E-state index is 0.136. The highest BCUT2D eigenvalue weighted by atomic mass is 16.6. The summed E-state index contributed by atoms with van der Waals surface area (Å²) < 4.78 is 20.5. The molecule has 4 atom stereocenters. The summed E-state index contributed by atoms with van der Waals surface area (Å²) in [6.45, 7) is 5.14. The van der Waals surface area contributed by atoms with Gasteiger partial charge in [0.05, 0.1) is 6.61 Å². The van der Waals surface area contributed by atoms with Crippen LogP contribution in [0.5, 0.6) is 0 Å². The summed E-state index contributed by atoms with van der Waals surface area (Å²) in [6.07, 6.45) is -1.59. The van der Waals surface area contributed by atoms with Crippen LogP contribution in [0.15, 0.2) is 0 Å². The predicted octanol–water partition coefficient (Wildman–Crippen LogP) is 0.755. The molecule has 8 nitrogen and oxygen atoms in total. The van der Waals surface area contributed by atoms with Crippen LogP contribution in [0.1, 0.15) is 40.5 Å². The fourth-order valence-electron chi connectivity index (χ4n) is 2.70. The maximum atomic E-state index is 11.3. The lowest BCUT2D eigenvalue weighted by Gasteiger charge is -2.25. The minimum Gasteiger partial charge on any atom is -0.466 e. The van der Waals surface area contributed by atoms with Gasteiger partial charge in [-0.3, -0.25) is 19.2 Å². The SMILES string of the molecule is CC(=O)OCC[C@H]1C[C@H](OC(C)=O)[C@@H](OC(C)=O)[C@H]1OC(C)=O. The number of carbonyl (C=O) groups is 4. The molecule has 0 aromatic heterocycles. The Morgan fingerprint density at radius 1 is 0.783 bits per heavy atom. The minimum atomic E-state index is -0.873. The number of rotatable bonds is 6. The summed E-state index contributed by atoms with van der Waals surface area (Å²) in [5.41, 5.74) is 0. The van der Waals surface area contributed by atoms with Crippen molar-refractivity contribution >= 4 is 23.9 Å². The Labute approximate surface area is 134 Å². The maximum Gasteiger partial charge on any atom is 0.303 e. The van der Waals surface area contributed by atoms with Gasteiger partial charge in [-0.05, 0) is 12.8 Å². The van der Waals surface area contributed by atoms with E-state index in [1.165, 1.54) is 27.7 Å². The first-order valence-corrected chi connectivity index (χ1v) is 7.35. The standard InChI is InChI=1S/C15H22O8/c1-8(16)20-6-5-12-7-13(21-9(2)17)15(23-11(4)19)14(12)22-10(3)18/h12-15H,5-7H2,1-4H3/t12-,13-,14-,15+/m0/s1. The number of carbonyl (C=O) groups excluding carboxylic acids is 4. The van der Waals surface area contributed by atoms with Crippen LogP contribution in [0.4, 0.5) is 0 Å². The Kier molecular flexibility index (Phi) is 6.99. The summed E-state index contributed by atoms with van der Waals surface area (Å²) in [7, 11) is 0. The van der Waals surface area contributed by atoms with Crippen LogP contribution in [0.3, 0.4) is 0 Å². The molecule has 0 spiro atoms. The fourth-order valence-corrected chi connectivity index (χ4v) is 2.70. The quantitative estimate of drug-likeness (QED) is 0.519. The van der Waals surface area contributed by atoms with Crippen molar-refractivity contribution in [3.8, 4) is 0 Å². The highest BCUT2D eigenvalue weighted by Gasteiger charge is 2.49. The zero-order valence-electron chi connectivity index (χ0n) is 13.7. The van der Waals surface area contributed by atoms with Gasteiger partial charge in [-0.15, -0.1) is 0 Å². The molecule has 0 aliphatic heterocycles. The maximum absolute atomic E-state index is 11.3. The van der Waals surface area contributed by atoms with E-state index in [0.29, 0.717) is 12.8 Å². The monoisotopic (exact) mass is 330 g/mol. The zero-order valence-corrected chi connectivity index (χ0v) is 13.7. The molecule has 0 N–H and O–H groups in total. The molecule has 0 radical (unpaired) electrons. The van der Waals surface area contributed by atoms with Gasteiger partial charge in [-0.2, -0.15) is 0 Å². The molecular weight excluding hydrogens is 308 g/mol. The lowest BCUT2D eigenvalue weighted by molar-refractivity contribution is -0.175. The fraction of sp³-hybridized carbons (Fsp3) is 0.733. The van der Waals surface area contributed by atoms with Gasteiger partial charge in [0.1, 0.15) is 12.2 Å². The van der Waals surface area contributed by atoms with Gasteiger partial charge in [-0.25, -0.2) is 0 Å². The molecule has 130 valence electrons. The molecule has 0 aromatic rings. The Morgan fingerprint density at radius 2 is 1.30 bits per heavy atom. The summed E-state index contributed by atoms with van der Waals surface area (Å²) in [5, 5.41) is 0. The lowest BCUT2D eigenvalue weighted by Crippen LogP contribution is -2.40. The molecule has 8 heteroatoms. The lowest BCUT2D eigenvalue weighted by atomic mass is 10.0. The molecule has 0 aromatic carbocycles. The van der Waals surface area contributed by atoms with E-state index in [0.717, 1.165) is 0 Å². The number of ether oxygens (including phenoxy) is 4. The van der Waals surface area contributed by atoms with Crippen molar-refractivity contribution in [2.75, 3.05) is 6.61 Å². The second kappa shape index (κ2) is 8.50. The first-order chi connectivity index (χ1) is 10.7. The van der Waals surface area contributed by atoms with Gasteiger partial charge in [0.15, 0.2) is 6.10 Å². The van der Waals surface area contributed by atoms with E-state index >= 15 is 0 Å². The first kappa shape index (κ1) is 18.9. The molecule has 1 aliphatic rings. The average Bonchev–Trinajstić information content (AvgIpc) is 2.66. The third kappa shape index (κ3) is 6.25. The molecule has 1 rings (SSSR count). The van der Waals surface area contributed by atoms with E-state index in [4.69, 9.17) is 18.9 Å². The van der Waals surface area contributed by atoms with Gasteiger partial charge >= 0.3 is 23.9 Å². The second-order valence-corrected chi connectivity index (χ2v) is 5.42. The number of esters is 4. The van der Waals surface area contributed by atoms with E-state index in [-0.39, 0.29) is 12.5 Å². The Hall–Kier alpha value is -2.12. The van der Waals surface area contributed by atoms with Crippen molar-refractivity contribution < 1.29 is 38.1 Å². The Morgan fingerprint density at radius 3 is 1.78 bits per heavy atom. The summed E-state index contributed by atoms with van der Waals surface area (Å²) in [5.74, 6) is -2.29. The molecule has 0 amide bonds. The third-order valence-electron chi connectivity index (χ3n) is 3.41. The highest BCUT2D eigenvalue weighted by Crippen LogP contribution is 2.36. The van der Waals surface area contributed by atoms with Crippen LogP contribution in [0.2, 0.25) is 0 Å². The van der Waals surface area contributed by atoms with Gasteiger partial charge in [0, 0.05) is 33.6 Å². The zero-order chi connectivity index (χ0) is 17.6. The van der Waals surface area contributed by atoms with E-state index < -0.39 is 42.2 Å². The van der Waals surface area contributed by atoms with Crippen LogP contribution >= 0.6 is 0 Å². The van der Waals surface area contributed by atoms with Crippen LogP contribution in [-0.2, 0) is 38.1 Å². The van der Waals surface area contributed by atoms with Crippen molar-refractivity contribution in [2.45, 2.75) is 58.8 Å². The summed E-state index contributed by atoms with van der Waals surface area (Å²) >= 11 is 0. The van der Waals surface area contributed by atoms with Crippen molar-refractivity contribution in [3.63, 3.8) is 0 Å². The molecule has 1 saturated carbocycles. The highest BCUT2D eigenvalue weighted by molar-refractivity contribution is 5.68. The van der Waals surface area contributed by atoms with Gasteiger partial charge in [0.25, 0.3) is 0 Å². The molecule has 0 unspecified atom stereocenters. The van der Waals surface area contributed by atoms with Crippen LogP contribution in [-0.4, -0.2) is 48.8 Å². The predicted molar refractivity (Wildman–Crippen MR) is 76.0 cm³/mol. The van der Waals surface area contributed by atoms with Crippen LogP contribution < -0.4 is 0 Å². The topological polar surface area (TPSA) is 105 Å². The van der Waals surface area contributed by atoms with Crippen molar-refractivity contribution in [3.05, 3.63) is 0 Å². The molecule has 1 fully saturated rings. The number of hydrogen-bond acceptors (Lipinski definition) is 8. The van der Waals surface area contributed by atoms with E-state index in [1.807, 2.05) is 0 Å². The van der Waals surface area contributed by atoms with Gasteiger partial charge < -0.3 is 18.9 Å². The summed E-state index contributed by atoms with van der Waals surface area (Å²) in [4.78, 5) is 44.7. The first-order valence-electron chi connectivity index (χ1n) is 7.35. The van der Waals surface area contributed by atoms with Crippen molar-refractivity contribution in [1.82, 2.24) is 0 Å². The molecule has 23 heavy (non-hydrogen) atoms. The second-order valence-electron chi connectivity index (χ2n) is 5.42. The molecule has 0 saturated heterocycles.